The highest BCUT2D eigenvalue weighted by Gasteiger charge is 2.15. The predicted octanol–water partition coefficient (Wildman–Crippen LogP) is 3.66. The number of benzene rings is 1. The first-order chi connectivity index (χ1) is 12.9. The van der Waals surface area contributed by atoms with Gasteiger partial charge in [-0.2, -0.15) is 0 Å². The van der Waals surface area contributed by atoms with Crippen molar-refractivity contribution < 1.29 is 9.15 Å². The summed E-state index contributed by atoms with van der Waals surface area (Å²) in [6.07, 6.45) is 5.27. The monoisotopic (exact) mass is 348 g/mol. The number of nitrogens with zero attached hydrogens (tertiary/aromatic N) is 3. The Kier molecular flexibility index (Phi) is 3.83. The number of imidazole rings is 1. The predicted molar refractivity (Wildman–Crippen MR) is 99.3 cm³/mol. The third-order valence-corrected chi connectivity index (χ3v) is 4.89. The second-order valence-corrected chi connectivity index (χ2v) is 6.66. The van der Waals surface area contributed by atoms with Gasteiger partial charge in [0.15, 0.2) is 11.4 Å². The largest absolute Gasteiger partial charge is 0.477 e. The van der Waals surface area contributed by atoms with Crippen molar-refractivity contribution in [3.05, 3.63) is 48.7 Å². The van der Waals surface area contributed by atoms with Crippen molar-refractivity contribution in [2.45, 2.75) is 25.3 Å². The number of fused-ring (bicyclic) bond motifs is 2. The van der Waals surface area contributed by atoms with Gasteiger partial charge in [-0.15, -0.1) is 5.10 Å². The maximum absolute atomic E-state index is 5.96. The molecule has 0 unspecified atom stereocenters. The van der Waals surface area contributed by atoms with Crippen LogP contribution in [-0.4, -0.2) is 33.8 Å². The lowest BCUT2D eigenvalue weighted by Gasteiger charge is -2.10. The van der Waals surface area contributed by atoms with Crippen LogP contribution in [0.3, 0.4) is 0 Å². The molecule has 1 N–H and O–H groups in total. The van der Waals surface area contributed by atoms with Crippen molar-refractivity contribution in [3.8, 4) is 17.3 Å². The molecule has 132 valence electrons. The van der Waals surface area contributed by atoms with Crippen LogP contribution in [0.5, 0.6) is 5.88 Å². The van der Waals surface area contributed by atoms with E-state index in [0.29, 0.717) is 18.5 Å². The number of ether oxygens (including phenoxy) is 1. The second-order valence-electron chi connectivity index (χ2n) is 6.66. The molecule has 5 rings (SSSR count). The molecule has 26 heavy (non-hydrogen) atoms. The summed E-state index contributed by atoms with van der Waals surface area (Å²) in [6.45, 7) is 1.77. The molecule has 0 aliphatic carbocycles. The van der Waals surface area contributed by atoms with Crippen molar-refractivity contribution in [3.63, 3.8) is 0 Å². The highest BCUT2D eigenvalue weighted by Crippen LogP contribution is 2.28. The van der Waals surface area contributed by atoms with E-state index in [0.717, 1.165) is 41.0 Å². The lowest BCUT2D eigenvalue weighted by molar-refractivity contribution is 0.278. The number of furan rings is 1. The Bertz CT molecular complexity index is 1010. The van der Waals surface area contributed by atoms with Crippen LogP contribution < -0.4 is 10.1 Å². The van der Waals surface area contributed by atoms with E-state index in [4.69, 9.17) is 9.15 Å². The summed E-state index contributed by atoms with van der Waals surface area (Å²) in [6, 6.07) is 14.3. The summed E-state index contributed by atoms with van der Waals surface area (Å²) in [4.78, 5) is 4.42. The van der Waals surface area contributed by atoms with Crippen molar-refractivity contribution in [2.75, 3.05) is 13.2 Å². The van der Waals surface area contributed by atoms with Gasteiger partial charge in [-0.1, -0.05) is 18.2 Å². The Morgan fingerprint density at radius 2 is 2.19 bits per heavy atom. The molecule has 0 amide bonds. The van der Waals surface area contributed by atoms with Crippen molar-refractivity contribution in [1.29, 1.82) is 0 Å². The zero-order valence-electron chi connectivity index (χ0n) is 14.4. The molecule has 0 saturated carbocycles. The van der Waals surface area contributed by atoms with E-state index < -0.39 is 0 Å². The second kappa shape index (κ2) is 6.46. The first kappa shape index (κ1) is 15.4. The van der Waals surface area contributed by atoms with E-state index in [1.807, 2.05) is 42.5 Å². The van der Waals surface area contributed by atoms with Crippen LogP contribution >= 0.6 is 0 Å². The number of para-hydroxylation sites is 1. The molecule has 1 aliphatic rings. The standard InChI is InChI=1S/C20H20N4O2/c1-2-6-17-14(4-1)12-18(26-17)16-13-22-19-7-8-20(23-24(16)19)25-11-9-15-5-3-10-21-15/h1-2,4,6-8,12-13,15,21H,3,5,9-11H2/t15-/m0/s1. The SMILES string of the molecule is c1ccc2oc(-c3cnc4ccc(OCC[C@@H]5CCCN5)nn34)cc2c1. The third-order valence-electron chi connectivity index (χ3n) is 4.89. The summed E-state index contributed by atoms with van der Waals surface area (Å²) in [5.41, 5.74) is 2.44. The van der Waals surface area contributed by atoms with E-state index >= 15 is 0 Å². The Morgan fingerprint density at radius 1 is 1.23 bits per heavy atom. The molecular weight excluding hydrogens is 328 g/mol. The summed E-state index contributed by atoms with van der Waals surface area (Å²) in [5, 5.41) is 9.14. The third kappa shape index (κ3) is 2.82. The van der Waals surface area contributed by atoms with Crippen LogP contribution in [0, 0.1) is 0 Å². The zero-order valence-corrected chi connectivity index (χ0v) is 14.4. The quantitative estimate of drug-likeness (QED) is 0.596. The van der Waals surface area contributed by atoms with Gasteiger partial charge < -0.3 is 14.5 Å². The zero-order chi connectivity index (χ0) is 17.3. The molecule has 1 atom stereocenters. The minimum atomic E-state index is 0.568. The van der Waals surface area contributed by atoms with Crippen LogP contribution in [-0.2, 0) is 0 Å². The number of rotatable bonds is 5. The summed E-state index contributed by atoms with van der Waals surface area (Å²) >= 11 is 0. The fourth-order valence-electron chi connectivity index (χ4n) is 3.52. The Balaban J connectivity index is 1.41. The van der Waals surface area contributed by atoms with Gasteiger partial charge in [0.05, 0.1) is 12.8 Å². The lowest BCUT2D eigenvalue weighted by atomic mass is 10.2. The molecule has 4 aromatic rings. The van der Waals surface area contributed by atoms with E-state index in [9.17, 15) is 0 Å². The Labute approximate surface area is 150 Å². The number of hydrogen-bond donors (Lipinski definition) is 1. The number of hydrogen-bond acceptors (Lipinski definition) is 5. The first-order valence-corrected chi connectivity index (χ1v) is 9.07. The summed E-state index contributed by atoms with van der Waals surface area (Å²) in [5.74, 6) is 1.35. The van der Waals surface area contributed by atoms with Crippen LogP contribution in [0.15, 0.2) is 53.1 Å². The van der Waals surface area contributed by atoms with Crippen molar-refractivity contribution >= 4 is 16.6 Å². The van der Waals surface area contributed by atoms with Crippen LogP contribution in [0.25, 0.3) is 28.1 Å². The molecule has 6 nitrogen and oxygen atoms in total. The van der Waals surface area contributed by atoms with Gasteiger partial charge in [-0.3, -0.25) is 0 Å². The maximum atomic E-state index is 5.96. The van der Waals surface area contributed by atoms with Crippen LogP contribution in [0.2, 0.25) is 0 Å². The molecular formula is C20H20N4O2. The van der Waals surface area contributed by atoms with Gasteiger partial charge in [-0.05, 0) is 44.0 Å². The first-order valence-electron chi connectivity index (χ1n) is 9.07. The minimum absolute atomic E-state index is 0.568. The van der Waals surface area contributed by atoms with E-state index in [-0.39, 0.29) is 0 Å². The molecule has 1 aliphatic heterocycles. The van der Waals surface area contributed by atoms with E-state index in [2.05, 4.69) is 15.4 Å². The summed E-state index contributed by atoms with van der Waals surface area (Å²) < 4.78 is 13.6. The molecule has 0 radical (unpaired) electrons. The average molecular weight is 348 g/mol. The van der Waals surface area contributed by atoms with Gasteiger partial charge in [0.1, 0.15) is 11.3 Å². The molecule has 0 spiro atoms. The van der Waals surface area contributed by atoms with Gasteiger partial charge in [0.2, 0.25) is 5.88 Å². The topological polar surface area (TPSA) is 64.6 Å². The van der Waals surface area contributed by atoms with Crippen molar-refractivity contribution in [1.82, 2.24) is 19.9 Å². The molecule has 1 aromatic carbocycles. The molecule has 3 aromatic heterocycles. The Morgan fingerprint density at radius 3 is 3.08 bits per heavy atom. The van der Waals surface area contributed by atoms with Gasteiger partial charge in [0, 0.05) is 17.5 Å². The highest BCUT2D eigenvalue weighted by atomic mass is 16.5. The fraction of sp³-hybridized carbons (Fsp3) is 0.300. The van der Waals surface area contributed by atoms with Gasteiger partial charge in [0.25, 0.3) is 0 Å². The van der Waals surface area contributed by atoms with E-state index in [1.165, 1.54) is 12.8 Å². The van der Waals surface area contributed by atoms with Gasteiger partial charge in [-0.25, -0.2) is 9.50 Å². The Hall–Kier alpha value is -2.86. The average Bonchev–Trinajstić information content (AvgIpc) is 3.40. The summed E-state index contributed by atoms with van der Waals surface area (Å²) in [7, 11) is 0. The van der Waals surface area contributed by atoms with Crippen molar-refractivity contribution in [2.24, 2.45) is 0 Å². The smallest absolute Gasteiger partial charge is 0.231 e. The number of nitrogens with one attached hydrogen (secondary N) is 1. The fourth-order valence-corrected chi connectivity index (χ4v) is 3.52. The van der Waals surface area contributed by atoms with Gasteiger partial charge >= 0.3 is 0 Å². The molecule has 1 saturated heterocycles. The van der Waals surface area contributed by atoms with Crippen LogP contribution in [0.1, 0.15) is 19.3 Å². The normalized spacial score (nSPS) is 17.3. The van der Waals surface area contributed by atoms with E-state index in [1.54, 1.807) is 10.7 Å². The minimum Gasteiger partial charge on any atom is -0.477 e. The molecule has 0 bridgehead atoms. The maximum Gasteiger partial charge on any atom is 0.231 e. The number of aromatic nitrogens is 3. The lowest BCUT2D eigenvalue weighted by Crippen LogP contribution is -2.23. The molecule has 6 heteroatoms. The molecule has 4 heterocycles. The van der Waals surface area contributed by atoms with Crippen LogP contribution in [0.4, 0.5) is 0 Å². The molecule has 1 fully saturated rings. The highest BCUT2D eigenvalue weighted by molar-refractivity contribution is 5.82.